The molecule has 1 aromatic heterocycles. The van der Waals surface area contributed by atoms with Crippen LogP contribution in [-0.4, -0.2) is 55.9 Å². The van der Waals surface area contributed by atoms with Crippen molar-refractivity contribution < 1.29 is 32.8 Å². The average molecular weight is 310 g/mol. The van der Waals surface area contributed by atoms with Crippen LogP contribution in [0.5, 0.6) is 0 Å². The molecule has 0 saturated heterocycles. The quantitative estimate of drug-likeness (QED) is 0.595. The van der Waals surface area contributed by atoms with Crippen molar-refractivity contribution in [1.82, 2.24) is 14.7 Å². The number of halogens is 3. The summed E-state index contributed by atoms with van der Waals surface area (Å²) in [5.74, 6) is -2.79. The number of carbonyl (C=O) groups excluding carboxylic acids is 1. The molecule has 0 aromatic carbocycles. The molecule has 12 heteroatoms. The van der Waals surface area contributed by atoms with Crippen LogP contribution in [0.3, 0.4) is 0 Å². The summed E-state index contributed by atoms with van der Waals surface area (Å²) >= 11 is 0. The molecule has 1 heterocycles. The van der Waals surface area contributed by atoms with E-state index in [1.165, 1.54) is 0 Å². The zero-order valence-corrected chi connectivity index (χ0v) is 10.3. The normalized spacial score (nSPS) is 11.2. The number of alkyl halides is 3. The molecule has 1 rings (SSSR count). The van der Waals surface area contributed by atoms with Crippen LogP contribution >= 0.6 is 0 Å². The fraction of sp³-hybridized carbons (Fsp3) is 0.444. The molecule has 1 amide bonds. The van der Waals surface area contributed by atoms with Gasteiger partial charge in [0.1, 0.15) is 32.0 Å². The van der Waals surface area contributed by atoms with Gasteiger partial charge in [-0.25, -0.2) is 0 Å². The van der Waals surface area contributed by atoms with E-state index >= 15 is 0 Å². The largest absolute Gasteiger partial charge is 0.480 e. The van der Waals surface area contributed by atoms with E-state index in [-0.39, 0.29) is 4.90 Å². The molecular weight excluding hydrogens is 301 g/mol. The van der Waals surface area contributed by atoms with Crippen molar-refractivity contribution in [3.05, 3.63) is 22.5 Å². The summed E-state index contributed by atoms with van der Waals surface area (Å²) in [6.45, 7) is -3.61. The number of hydrogen-bond acceptors (Lipinski definition) is 5. The molecule has 0 aliphatic rings. The fourth-order valence-corrected chi connectivity index (χ4v) is 1.38. The Morgan fingerprint density at radius 3 is 2.52 bits per heavy atom. The Kier molecular flexibility index (Phi) is 4.84. The number of nitro groups is 1. The van der Waals surface area contributed by atoms with Crippen LogP contribution in [0.4, 0.5) is 18.9 Å². The lowest BCUT2D eigenvalue weighted by atomic mass is 10.4. The summed E-state index contributed by atoms with van der Waals surface area (Å²) in [4.78, 5) is 31.8. The van der Waals surface area contributed by atoms with Crippen molar-refractivity contribution in [1.29, 1.82) is 0 Å². The predicted octanol–water partition coefficient (Wildman–Crippen LogP) is 0.267. The summed E-state index contributed by atoms with van der Waals surface area (Å²) in [6.07, 6.45) is -3.09. The molecule has 9 nitrogen and oxygen atoms in total. The Hall–Kier alpha value is -2.66. The molecule has 0 aliphatic heterocycles. The van der Waals surface area contributed by atoms with E-state index in [4.69, 9.17) is 5.11 Å². The first-order valence-electron chi connectivity index (χ1n) is 5.31. The van der Waals surface area contributed by atoms with Gasteiger partial charge in [-0.3, -0.25) is 24.4 Å². The van der Waals surface area contributed by atoms with Gasteiger partial charge < -0.3 is 10.0 Å². The molecule has 0 unspecified atom stereocenters. The number of aliphatic carboxylic acids is 1. The zero-order valence-electron chi connectivity index (χ0n) is 10.3. The van der Waals surface area contributed by atoms with Gasteiger partial charge in [-0.1, -0.05) is 0 Å². The van der Waals surface area contributed by atoms with Gasteiger partial charge in [0.15, 0.2) is 0 Å². The fourth-order valence-electron chi connectivity index (χ4n) is 1.38. The molecule has 0 bridgehead atoms. The van der Waals surface area contributed by atoms with E-state index in [0.717, 1.165) is 17.1 Å². The minimum atomic E-state index is -4.76. The number of hydrogen-bond donors (Lipinski definition) is 1. The zero-order chi connectivity index (χ0) is 16.2. The van der Waals surface area contributed by atoms with Gasteiger partial charge in [-0.2, -0.15) is 18.3 Å². The molecular formula is C9H9F3N4O5. The van der Waals surface area contributed by atoms with Crippen LogP contribution in [0.25, 0.3) is 0 Å². The summed E-state index contributed by atoms with van der Waals surface area (Å²) in [5.41, 5.74) is -0.441. The Labute approximate surface area is 114 Å². The summed E-state index contributed by atoms with van der Waals surface area (Å²) in [6, 6.07) is 0. The highest BCUT2D eigenvalue weighted by Crippen LogP contribution is 2.17. The number of nitrogens with zero attached hydrogens (tertiary/aromatic N) is 4. The van der Waals surface area contributed by atoms with Crippen LogP contribution in [0.2, 0.25) is 0 Å². The maximum absolute atomic E-state index is 12.3. The SMILES string of the molecule is O=C(O)CN(CC(F)(F)F)C(=O)Cn1cc([N+](=O)[O-])cn1. The molecule has 0 spiro atoms. The first-order valence-corrected chi connectivity index (χ1v) is 5.31. The Morgan fingerprint density at radius 2 is 2.10 bits per heavy atom. The van der Waals surface area contributed by atoms with Gasteiger partial charge in [0.25, 0.3) is 0 Å². The number of aromatic nitrogens is 2. The van der Waals surface area contributed by atoms with E-state index in [9.17, 15) is 32.9 Å². The molecule has 116 valence electrons. The molecule has 1 N–H and O–H groups in total. The van der Waals surface area contributed by atoms with Crippen molar-refractivity contribution in [2.75, 3.05) is 13.1 Å². The van der Waals surface area contributed by atoms with Crippen molar-refractivity contribution in [2.24, 2.45) is 0 Å². The number of carboxylic acid groups (broad SMARTS) is 1. The van der Waals surface area contributed by atoms with Gasteiger partial charge in [0.05, 0.1) is 4.92 Å². The predicted molar refractivity (Wildman–Crippen MR) is 59.2 cm³/mol. The highest BCUT2D eigenvalue weighted by molar-refractivity contribution is 5.81. The van der Waals surface area contributed by atoms with Crippen molar-refractivity contribution in [3.8, 4) is 0 Å². The van der Waals surface area contributed by atoms with E-state index in [1.807, 2.05) is 0 Å². The number of carbonyl (C=O) groups is 2. The smallest absolute Gasteiger partial charge is 0.406 e. The molecule has 1 aromatic rings. The topological polar surface area (TPSA) is 119 Å². The standard InChI is InChI=1S/C9H9F3N4O5/c10-9(11,12)5-14(4-8(18)19)7(17)3-15-2-6(1-13-15)16(20)21/h1-2H,3-5H2,(H,18,19). The third-order valence-corrected chi connectivity index (χ3v) is 2.18. The van der Waals surface area contributed by atoms with Crippen molar-refractivity contribution >= 4 is 17.6 Å². The number of rotatable bonds is 6. The lowest BCUT2D eigenvalue weighted by Gasteiger charge is -2.21. The maximum Gasteiger partial charge on any atom is 0.406 e. The second-order valence-electron chi connectivity index (χ2n) is 3.91. The van der Waals surface area contributed by atoms with Crippen LogP contribution in [0.1, 0.15) is 0 Å². The Balaban J connectivity index is 2.79. The van der Waals surface area contributed by atoms with Crippen molar-refractivity contribution in [2.45, 2.75) is 12.7 Å². The first kappa shape index (κ1) is 16.4. The summed E-state index contributed by atoms with van der Waals surface area (Å²) in [5, 5.41) is 22.3. The van der Waals surface area contributed by atoms with E-state index in [2.05, 4.69) is 5.10 Å². The number of amides is 1. The highest BCUT2D eigenvalue weighted by Gasteiger charge is 2.34. The Bertz CT molecular complexity index is 556. The number of carboxylic acids is 1. The van der Waals surface area contributed by atoms with Gasteiger partial charge in [0.2, 0.25) is 5.91 Å². The van der Waals surface area contributed by atoms with Crippen LogP contribution in [0.15, 0.2) is 12.4 Å². The molecule has 0 radical (unpaired) electrons. The molecule has 0 saturated carbocycles. The molecule has 0 aliphatic carbocycles. The first-order chi connectivity index (χ1) is 9.58. The van der Waals surface area contributed by atoms with Gasteiger partial charge >= 0.3 is 17.8 Å². The van der Waals surface area contributed by atoms with Crippen LogP contribution < -0.4 is 0 Å². The van der Waals surface area contributed by atoms with Gasteiger partial charge in [-0.05, 0) is 0 Å². The van der Waals surface area contributed by atoms with Crippen LogP contribution in [-0.2, 0) is 16.1 Å². The summed E-state index contributed by atoms with van der Waals surface area (Å²) in [7, 11) is 0. The third kappa shape index (κ3) is 5.46. The van der Waals surface area contributed by atoms with Gasteiger partial charge in [0, 0.05) is 0 Å². The molecule has 21 heavy (non-hydrogen) atoms. The molecule has 0 fully saturated rings. The monoisotopic (exact) mass is 310 g/mol. The second kappa shape index (κ2) is 6.19. The van der Waals surface area contributed by atoms with E-state index in [0.29, 0.717) is 0 Å². The van der Waals surface area contributed by atoms with Crippen molar-refractivity contribution in [3.63, 3.8) is 0 Å². The Morgan fingerprint density at radius 1 is 1.48 bits per heavy atom. The summed E-state index contributed by atoms with van der Waals surface area (Å²) < 4.78 is 37.6. The molecule has 0 atom stereocenters. The second-order valence-corrected chi connectivity index (χ2v) is 3.91. The minimum Gasteiger partial charge on any atom is -0.480 e. The lowest BCUT2D eigenvalue weighted by Crippen LogP contribution is -2.43. The lowest BCUT2D eigenvalue weighted by molar-refractivity contribution is -0.385. The minimum absolute atomic E-state index is 0.0792. The maximum atomic E-state index is 12.3. The van der Waals surface area contributed by atoms with Gasteiger partial charge in [-0.15, -0.1) is 0 Å². The van der Waals surface area contributed by atoms with E-state index < -0.39 is 48.3 Å². The van der Waals surface area contributed by atoms with E-state index in [1.54, 1.807) is 0 Å². The third-order valence-electron chi connectivity index (χ3n) is 2.18. The van der Waals surface area contributed by atoms with Crippen LogP contribution in [0, 0.1) is 10.1 Å². The highest BCUT2D eigenvalue weighted by atomic mass is 19.4. The average Bonchev–Trinajstić information content (AvgIpc) is 2.74.